The topological polar surface area (TPSA) is 65.7 Å². The van der Waals surface area contributed by atoms with Gasteiger partial charge >= 0.3 is 0 Å². The van der Waals surface area contributed by atoms with Crippen molar-refractivity contribution in [1.29, 1.82) is 0 Å². The molecule has 8 heteroatoms. The van der Waals surface area contributed by atoms with Crippen molar-refractivity contribution in [3.63, 3.8) is 0 Å². The average molecular weight is 569 g/mol. The van der Waals surface area contributed by atoms with Crippen molar-refractivity contribution < 1.29 is 9.47 Å². The molecule has 4 aromatic rings. The molecule has 1 aromatic heterocycles. The second-order valence-corrected chi connectivity index (χ2v) is 9.50. The van der Waals surface area contributed by atoms with Gasteiger partial charge in [-0.2, -0.15) is 9.78 Å². The van der Waals surface area contributed by atoms with Crippen LogP contribution in [0.2, 0.25) is 5.02 Å². The molecule has 36 heavy (non-hydrogen) atoms. The zero-order chi connectivity index (χ0) is 25.5. The zero-order valence-electron chi connectivity index (χ0n) is 20.2. The van der Waals surface area contributed by atoms with Crippen LogP contribution in [0.25, 0.3) is 10.9 Å². The lowest BCUT2D eigenvalue weighted by Gasteiger charge is -2.13. The van der Waals surface area contributed by atoms with E-state index in [2.05, 4.69) is 28.0 Å². The third-order valence-electron chi connectivity index (χ3n) is 5.56. The molecule has 0 amide bonds. The van der Waals surface area contributed by atoms with Crippen LogP contribution in [0.3, 0.4) is 0 Å². The van der Waals surface area contributed by atoms with Crippen molar-refractivity contribution in [2.24, 2.45) is 5.10 Å². The summed E-state index contributed by atoms with van der Waals surface area (Å²) in [5.41, 5.74) is 2.13. The third-order valence-corrected chi connectivity index (χ3v) is 6.42. The average Bonchev–Trinajstić information content (AvgIpc) is 2.88. The molecule has 6 nitrogen and oxygen atoms in total. The van der Waals surface area contributed by atoms with E-state index >= 15 is 0 Å². The summed E-state index contributed by atoms with van der Waals surface area (Å²) in [5.74, 6) is 1.83. The van der Waals surface area contributed by atoms with Crippen LogP contribution in [0.4, 0.5) is 0 Å². The fourth-order valence-electron chi connectivity index (χ4n) is 3.70. The maximum atomic E-state index is 13.3. The molecule has 0 bridgehead atoms. The zero-order valence-corrected chi connectivity index (χ0v) is 22.6. The Hall–Kier alpha value is -3.16. The van der Waals surface area contributed by atoms with Gasteiger partial charge in [0.2, 0.25) is 0 Å². The van der Waals surface area contributed by atoms with Crippen LogP contribution < -0.4 is 15.0 Å². The molecular formula is C28H27BrClN3O3. The lowest BCUT2D eigenvalue weighted by molar-refractivity contribution is 0.269. The smallest absolute Gasteiger partial charge is 0.282 e. The molecule has 186 valence electrons. The lowest BCUT2D eigenvalue weighted by atomic mass is 10.2. The van der Waals surface area contributed by atoms with Gasteiger partial charge in [0.15, 0.2) is 11.5 Å². The van der Waals surface area contributed by atoms with Crippen LogP contribution in [0.15, 0.2) is 75.0 Å². The number of benzene rings is 3. The fourth-order valence-corrected chi connectivity index (χ4v) is 4.25. The second-order valence-electron chi connectivity index (χ2n) is 8.17. The minimum Gasteiger partial charge on any atom is -0.490 e. The summed E-state index contributed by atoms with van der Waals surface area (Å²) in [6.07, 6.45) is 4.21. The van der Waals surface area contributed by atoms with Crippen molar-refractivity contribution in [3.05, 3.63) is 97.5 Å². The van der Waals surface area contributed by atoms with E-state index in [-0.39, 0.29) is 5.56 Å². The standard InChI is InChI=1S/C28H27BrClN3O3/c1-3-5-10-27-32-24-13-12-21(29)16-22(24)28(34)33(27)31-17-19-11-14-25(26(15-19)35-4-2)36-18-20-8-6-7-9-23(20)30/h6-9,11-17H,3-5,10,18H2,1-2H3. The minimum absolute atomic E-state index is 0.201. The van der Waals surface area contributed by atoms with Crippen LogP contribution in [0.5, 0.6) is 11.5 Å². The molecule has 0 saturated heterocycles. The fraction of sp³-hybridized carbons (Fsp3) is 0.250. The molecule has 0 atom stereocenters. The Morgan fingerprint density at radius 2 is 1.89 bits per heavy atom. The SMILES string of the molecule is CCCCc1nc2ccc(Br)cc2c(=O)n1N=Cc1ccc(OCc2ccccc2Cl)c(OCC)c1. The first-order chi connectivity index (χ1) is 17.5. The number of rotatable bonds is 10. The monoisotopic (exact) mass is 567 g/mol. The molecule has 0 aliphatic heterocycles. The molecule has 0 unspecified atom stereocenters. The number of fused-ring (bicyclic) bond motifs is 1. The van der Waals surface area contributed by atoms with E-state index in [1.54, 1.807) is 12.3 Å². The number of aryl methyl sites for hydroxylation is 1. The Bertz CT molecular complexity index is 1450. The highest BCUT2D eigenvalue weighted by molar-refractivity contribution is 9.10. The van der Waals surface area contributed by atoms with Gasteiger partial charge < -0.3 is 9.47 Å². The van der Waals surface area contributed by atoms with E-state index in [1.807, 2.05) is 61.5 Å². The number of hydrogen-bond donors (Lipinski definition) is 0. The number of aromatic nitrogens is 2. The molecule has 0 aliphatic rings. The number of halogens is 2. The second kappa shape index (κ2) is 12.2. The maximum Gasteiger partial charge on any atom is 0.282 e. The van der Waals surface area contributed by atoms with E-state index in [1.165, 1.54) is 4.68 Å². The number of unbranched alkanes of at least 4 members (excludes halogenated alkanes) is 1. The van der Waals surface area contributed by atoms with Gasteiger partial charge in [0, 0.05) is 21.5 Å². The van der Waals surface area contributed by atoms with Gasteiger partial charge in [0.25, 0.3) is 5.56 Å². The van der Waals surface area contributed by atoms with Crippen molar-refractivity contribution in [3.8, 4) is 11.5 Å². The van der Waals surface area contributed by atoms with Gasteiger partial charge in [-0.1, -0.05) is 59.1 Å². The van der Waals surface area contributed by atoms with Crippen LogP contribution >= 0.6 is 27.5 Å². The van der Waals surface area contributed by atoms with E-state index in [0.717, 1.165) is 28.4 Å². The molecule has 4 rings (SSSR count). The minimum atomic E-state index is -0.201. The van der Waals surface area contributed by atoms with Crippen LogP contribution in [-0.4, -0.2) is 22.5 Å². The van der Waals surface area contributed by atoms with Crippen molar-refractivity contribution in [2.75, 3.05) is 6.61 Å². The van der Waals surface area contributed by atoms with Crippen molar-refractivity contribution in [1.82, 2.24) is 9.66 Å². The molecule has 1 heterocycles. The first-order valence-electron chi connectivity index (χ1n) is 11.9. The molecular weight excluding hydrogens is 542 g/mol. The molecule has 0 saturated carbocycles. The Balaban J connectivity index is 1.65. The summed E-state index contributed by atoms with van der Waals surface area (Å²) in [5, 5.41) is 5.70. The Kier molecular flexibility index (Phi) is 8.78. The van der Waals surface area contributed by atoms with Gasteiger partial charge in [-0.05, 0) is 61.4 Å². The predicted octanol–water partition coefficient (Wildman–Crippen LogP) is 7.01. The summed E-state index contributed by atoms with van der Waals surface area (Å²) in [6.45, 7) is 4.82. The van der Waals surface area contributed by atoms with Gasteiger partial charge in [-0.25, -0.2) is 4.98 Å². The van der Waals surface area contributed by atoms with Gasteiger partial charge in [0.05, 0.1) is 23.7 Å². The highest BCUT2D eigenvalue weighted by Crippen LogP contribution is 2.29. The van der Waals surface area contributed by atoms with Crippen LogP contribution in [-0.2, 0) is 13.0 Å². The Morgan fingerprint density at radius 3 is 2.67 bits per heavy atom. The van der Waals surface area contributed by atoms with E-state index < -0.39 is 0 Å². The molecule has 3 aromatic carbocycles. The Morgan fingerprint density at radius 1 is 1.06 bits per heavy atom. The summed E-state index contributed by atoms with van der Waals surface area (Å²) in [6, 6.07) is 18.6. The van der Waals surface area contributed by atoms with Crippen LogP contribution in [0, 0.1) is 0 Å². The molecule has 0 N–H and O–H groups in total. The van der Waals surface area contributed by atoms with Gasteiger partial charge in [-0.3, -0.25) is 4.79 Å². The molecule has 0 aliphatic carbocycles. The van der Waals surface area contributed by atoms with Crippen molar-refractivity contribution in [2.45, 2.75) is 39.7 Å². The summed E-state index contributed by atoms with van der Waals surface area (Å²) < 4.78 is 14.0. The largest absolute Gasteiger partial charge is 0.490 e. The third kappa shape index (κ3) is 6.15. The highest BCUT2D eigenvalue weighted by Gasteiger charge is 2.12. The molecule has 0 radical (unpaired) electrons. The lowest BCUT2D eigenvalue weighted by Crippen LogP contribution is -2.22. The summed E-state index contributed by atoms with van der Waals surface area (Å²) in [4.78, 5) is 18.0. The first kappa shape index (κ1) is 25.9. The predicted molar refractivity (Wildman–Crippen MR) is 149 cm³/mol. The number of hydrogen-bond acceptors (Lipinski definition) is 5. The van der Waals surface area contributed by atoms with Crippen LogP contribution in [0.1, 0.15) is 43.6 Å². The highest BCUT2D eigenvalue weighted by atomic mass is 79.9. The summed E-state index contributed by atoms with van der Waals surface area (Å²) >= 11 is 9.69. The quantitative estimate of drug-likeness (QED) is 0.193. The van der Waals surface area contributed by atoms with Gasteiger partial charge in [0.1, 0.15) is 12.4 Å². The van der Waals surface area contributed by atoms with Crippen molar-refractivity contribution >= 4 is 44.6 Å². The van der Waals surface area contributed by atoms with Gasteiger partial charge in [-0.15, -0.1) is 0 Å². The molecule has 0 fully saturated rings. The van der Waals surface area contributed by atoms with E-state index in [9.17, 15) is 4.79 Å². The summed E-state index contributed by atoms with van der Waals surface area (Å²) in [7, 11) is 0. The number of ether oxygens (including phenoxy) is 2. The normalized spacial score (nSPS) is 11.3. The molecule has 0 spiro atoms. The number of nitrogens with zero attached hydrogens (tertiary/aromatic N) is 3. The van der Waals surface area contributed by atoms with E-state index in [4.69, 9.17) is 26.1 Å². The Labute approximate surface area is 223 Å². The van der Waals surface area contributed by atoms with E-state index in [0.29, 0.717) is 52.9 Å². The maximum absolute atomic E-state index is 13.3. The first-order valence-corrected chi connectivity index (χ1v) is 13.1.